The van der Waals surface area contributed by atoms with Gasteiger partial charge in [0.05, 0.1) is 12.2 Å². The second-order valence-corrected chi connectivity index (χ2v) is 13.6. The van der Waals surface area contributed by atoms with Crippen LogP contribution in [0.25, 0.3) is 0 Å². The van der Waals surface area contributed by atoms with Gasteiger partial charge in [0.25, 0.3) is 0 Å². The van der Waals surface area contributed by atoms with Gasteiger partial charge in [-0.3, -0.25) is 4.79 Å². The molecule has 0 spiro atoms. The van der Waals surface area contributed by atoms with Crippen LogP contribution in [0.15, 0.2) is 0 Å². The van der Waals surface area contributed by atoms with Crippen LogP contribution in [0.4, 0.5) is 0 Å². The van der Waals surface area contributed by atoms with Crippen molar-refractivity contribution in [2.75, 3.05) is 13.1 Å². The molecule has 0 radical (unpaired) electrons. The molecule has 1 aliphatic heterocycles. The number of amides is 1. The van der Waals surface area contributed by atoms with Gasteiger partial charge in [0.15, 0.2) is 0 Å². The SMILES string of the molecule is C[C@H](CCC(=O)NCC1CCCN1)[C@H]1CC[C@H]2[C@@H]3[C@@H](O)C[C@@H]4C[C@H](O)CC[C@]4(C)[C@H]3CC[C@]12C. The highest BCUT2D eigenvalue weighted by Crippen LogP contribution is 2.68. The lowest BCUT2D eigenvalue weighted by molar-refractivity contribution is -0.174. The average molecular weight is 475 g/mol. The minimum absolute atomic E-state index is 0.168. The van der Waals surface area contributed by atoms with E-state index in [-0.39, 0.29) is 18.1 Å². The van der Waals surface area contributed by atoms with Gasteiger partial charge in [-0.2, -0.15) is 0 Å². The Morgan fingerprint density at radius 3 is 2.56 bits per heavy atom. The maximum Gasteiger partial charge on any atom is 0.220 e. The molecule has 1 saturated heterocycles. The maximum atomic E-state index is 12.5. The van der Waals surface area contributed by atoms with E-state index in [1.54, 1.807) is 0 Å². The van der Waals surface area contributed by atoms with E-state index in [4.69, 9.17) is 0 Å². The van der Waals surface area contributed by atoms with Crippen LogP contribution in [0.2, 0.25) is 0 Å². The van der Waals surface area contributed by atoms with Crippen molar-refractivity contribution in [3.05, 3.63) is 0 Å². The molecule has 4 aliphatic carbocycles. The Labute approximate surface area is 207 Å². The summed E-state index contributed by atoms with van der Waals surface area (Å²) < 4.78 is 0. The first kappa shape index (κ1) is 25.0. The van der Waals surface area contributed by atoms with Gasteiger partial charge in [-0.05, 0) is 124 Å². The van der Waals surface area contributed by atoms with Crippen molar-refractivity contribution in [3.8, 4) is 0 Å². The summed E-state index contributed by atoms with van der Waals surface area (Å²) in [4.78, 5) is 12.5. The number of carbonyl (C=O) groups is 1. The molecule has 5 aliphatic rings. The third-order valence-electron chi connectivity index (χ3n) is 12.0. The average Bonchev–Trinajstić information content (AvgIpc) is 3.44. The van der Waals surface area contributed by atoms with E-state index in [9.17, 15) is 15.0 Å². The third-order valence-corrected chi connectivity index (χ3v) is 12.0. The standard InChI is InChI=1S/C29H50N2O3/c1-18(6-9-26(34)31-17-20-5-4-14-30-20)22-7-8-23-27-24(11-13-29(22,23)3)28(2)12-10-21(32)15-19(28)16-25(27)33/h18-25,27,30,32-33H,4-17H2,1-3H3,(H,31,34)/t18-,19+,20?,21-,22-,23+,24+,25+,27+,28+,29-/m1/s1. The lowest BCUT2D eigenvalue weighted by Crippen LogP contribution is -2.58. The molecule has 5 heteroatoms. The lowest BCUT2D eigenvalue weighted by atomic mass is 9.43. The number of hydrogen-bond donors (Lipinski definition) is 4. The van der Waals surface area contributed by atoms with Gasteiger partial charge in [-0.25, -0.2) is 0 Å². The maximum absolute atomic E-state index is 12.5. The molecule has 0 aromatic rings. The molecule has 34 heavy (non-hydrogen) atoms. The summed E-state index contributed by atoms with van der Waals surface area (Å²) >= 11 is 0. The van der Waals surface area contributed by atoms with E-state index in [0.29, 0.717) is 58.8 Å². The van der Waals surface area contributed by atoms with Crippen molar-refractivity contribution in [2.45, 2.75) is 116 Å². The van der Waals surface area contributed by atoms with E-state index in [2.05, 4.69) is 31.4 Å². The van der Waals surface area contributed by atoms with Gasteiger partial charge in [0.1, 0.15) is 0 Å². The van der Waals surface area contributed by atoms with Crippen molar-refractivity contribution in [1.82, 2.24) is 10.6 Å². The van der Waals surface area contributed by atoms with Gasteiger partial charge in [0.2, 0.25) is 5.91 Å². The Balaban J connectivity index is 1.21. The first-order chi connectivity index (χ1) is 16.2. The van der Waals surface area contributed by atoms with Gasteiger partial charge in [0, 0.05) is 19.0 Å². The first-order valence-electron chi connectivity index (χ1n) is 14.6. The fourth-order valence-electron chi connectivity index (χ4n) is 9.99. The molecule has 1 unspecified atom stereocenters. The number of aliphatic hydroxyl groups is 2. The Morgan fingerprint density at radius 2 is 1.79 bits per heavy atom. The summed E-state index contributed by atoms with van der Waals surface area (Å²) in [6.45, 7) is 9.25. The number of fused-ring (bicyclic) bond motifs is 5. The predicted octanol–water partition coefficient (Wildman–Crippen LogP) is 4.26. The number of carbonyl (C=O) groups excluding carboxylic acids is 1. The van der Waals surface area contributed by atoms with E-state index in [0.717, 1.165) is 45.2 Å². The molecule has 5 nitrogen and oxygen atoms in total. The first-order valence-corrected chi connectivity index (χ1v) is 14.6. The van der Waals surface area contributed by atoms with Crippen LogP contribution in [0.1, 0.15) is 97.8 Å². The van der Waals surface area contributed by atoms with Crippen LogP contribution in [0.3, 0.4) is 0 Å². The van der Waals surface area contributed by atoms with E-state index in [1.165, 1.54) is 38.5 Å². The number of nitrogens with one attached hydrogen (secondary N) is 2. The highest BCUT2D eigenvalue weighted by atomic mass is 16.3. The topological polar surface area (TPSA) is 81.6 Å². The van der Waals surface area contributed by atoms with Crippen LogP contribution in [0, 0.1) is 46.3 Å². The fraction of sp³-hybridized carbons (Fsp3) is 0.966. The van der Waals surface area contributed by atoms with Crippen molar-refractivity contribution < 1.29 is 15.0 Å². The Hall–Kier alpha value is -0.650. The van der Waals surface area contributed by atoms with Crippen LogP contribution in [-0.4, -0.2) is 47.5 Å². The summed E-state index contributed by atoms with van der Waals surface area (Å²) in [6, 6.07) is 0.460. The minimum atomic E-state index is -0.206. The quantitative estimate of drug-likeness (QED) is 0.464. The molecule has 5 fully saturated rings. The predicted molar refractivity (Wildman–Crippen MR) is 135 cm³/mol. The van der Waals surface area contributed by atoms with Crippen molar-refractivity contribution in [3.63, 3.8) is 0 Å². The largest absolute Gasteiger partial charge is 0.393 e. The summed E-state index contributed by atoms with van der Waals surface area (Å²) in [6.07, 6.45) is 12.5. The van der Waals surface area contributed by atoms with Gasteiger partial charge in [-0.1, -0.05) is 20.8 Å². The van der Waals surface area contributed by atoms with Crippen molar-refractivity contribution >= 4 is 5.91 Å². The van der Waals surface area contributed by atoms with Gasteiger partial charge >= 0.3 is 0 Å². The van der Waals surface area contributed by atoms with E-state index >= 15 is 0 Å². The number of hydrogen-bond acceptors (Lipinski definition) is 4. The zero-order valence-electron chi connectivity index (χ0n) is 21.9. The minimum Gasteiger partial charge on any atom is -0.393 e. The highest BCUT2D eigenvalue weighted by molar-refractivity contribution is 5.75. The molecular formula is C29H50N2O3. The Morgan fingerprint density at radius 1 is 1.03 bits per heavy atom. The molecule has 5 rings (SSSR count). The highest BCUT2D eigenvalue weighted by Gasteiger charge is 2.62. The molecule has 1 amide bonds. The van der Waals surface area contributed by atoms with Crippen LogP contribution in [-0.2, 0) is 4.79 Å². The molecule has 4 saturated carbocycles. The molecule has 0 aromatic carbocycles. The van der Waals surface area contributed by atoms with E-state index < -0.39 is 0 Å². The lowest BCUT2D eigenvalue weighted by Gasteiger charge is -2.62. The smallest absolute Gasteiger partial charge is 0.220 e. The molecule has 11 atom stereocenters. The second kappa shape index (κ2) is 9.67. The van der Waals surface area contributed by atoms with E-state index in [1.807, 2.05) is 0 Å². The van der Waals surface area contributed by atoms with Crippen LogP contribution < -0.4 is 10.6 Å². The molecule has 0 aromatic heterocycles. The summed E-state index contributed by atoms with van der Waals surface area (Å²) in [5.74, 6) is 3.55. The molecular weight excluding hydrogens is 424 g/mol. The zero-order chi connectivity index (χ0) is 24.1. The number of rotatable bonds is 6. The van der Waals surface area contributed by atoms with Crippen molar-refractivity contribution in [1.29, 1.82) is 0 Å². The Kier molecular flexibility index (Phi) is 7.11. The van der Waals surface area contributed by atoms with Crippen LogP contribution >= 0.6 is 0 Å². The Bertz CT molecular complexity index is 739. The zero-order valence-corrected chi connectivity index (χ0v) is 21.9. The summed E-state index contributed by atoms with van der Waals surface area (Å²) in [5, 5.41) is 28.3. The van der Waals surface area contributed by atoms with Crippen LogP contribution in [0.5, 0.6) is 0 Å². The monoisotopic (exact) mass is 474 g/mol. The summed E-state index contributed by atoms with van der Waals surface area (Å²) in [5.41, 5.74) is 0.587. The molecule has 4 N–H and O–H groups in total. The molecule has 1 heterocycles. The van der Waals surface area contributed by atoms with Gasteiger partial charge < -0.3 is 20.8 Å². The third kappa shape index (κ3) is 4.36. The molecule has 194 valence electrons. The second-order valence-electron chi connectivity index (χ2n) is 13.6. The molecule has 0 bridgehead atoms. The van der Waals surface area contributed by atoms with Gasteiger partial charge in [-0.15, -0.1) is 0 Å². The fourth-order valence-corrected chi connectivity index (χ4v) is 9.99. The normalized spacial score (nSPS) is 49.1. The number of aliphatic hydroxyl groups excluding tert-OH is 2. The van der Waals surface area contributed by atoms with Crippen molar-refractivity contribution in [2.24, 2.45) is 46.3 Å². The summed E-state index contributed by atoms with van der Waals surface area (Å²) in [7, 11) is 0.